The zero-order chi connectivity index (χ0) is 62.6. The number of nitrogens with one attached hydrogen (secondary N) is 3. The van der Waals surface area contributed by atoms with Gasteiger partial charge in [0.15, 0.2) is 28.2 Å². The first-order valence-electron chi connectivity index (χ1n) is 28.0. The Morgan fingerprint density at radius 2 is 0.869 bits per heavy atom. The van der Waals surface area contributed by atoms with Crippen molar-refractivity contribution < 1.29 is 61.8 Å². The summed E-state index contributed by atoms with van der Waals surface area (Å²) in [5.74, 6) is -2.48. The van der Waals surface area contributed by atoms with E-state index in [9.17, 15) is 38.4 Å². The van der Waals surface area contributed by atoms with Gasteiger partial charge in [0, 0.05) is 44.7 Å². The van der Waals surface area contributed by atoms with Gasteiger partial charge in [-0.25, -0.2) is 9.59 Å². The minimum atomic E-state index is -1.93. The molecule has 19 nitrogen and oxygen atoms in total. The lowest BCUT2D eigenvalue weighted by Crippen LogP contribution is -2.40. The van der Waals surface area contributed by atoms with Gasteiger partial charge in [0.2, 0.25) is 17.7 Å². The van der Waals surface area contributed by atoms with Gasteiger partial charge in [0.05, 0.1) is 39.3 Å². The van der Waals surface area contributed by atoms with Crippen LogP contribution in [0.15, 0.2) is 97.1 Å². The molecule has 0 aliphatic rings. The molecular weight excluding hydrogens is 1100 g/mol. The van der Waals surface area contributed by atoms with Gasteiger partial charge in [0.1, 0.15) is 19.8 Å². The van der Waals surface area contributed by atoms with Crippen LogP contribution < -0.4 is 31.5 Å². The molecule has 0 fully saturated rings. The van der Waals surface area contributed by atoms with Gasteiger partial charge < -0.3 is 54.9 Å². The predicted octanol–water partition coefficient (Wildman–Crippen LogP) is 10.8. The zero-order valence-electron chi connectivity index (χ0n) is 51.5. The average molecular weight is 1200 g/mol. The highest BCUT2D eigenvalue weighted by molar-refractivity contribution is 6.74. The largest absolute Gasteiger partial charge is 0.481 e. The topological polar surface area (TPSA) is 262 Å². The number of carbonyl (C=O) groups is 8. The molecule has 0 aliphatic heterocycles. The molecule has 0 saturated heterocycles. The highest BCUT2D eigenvalue weighted by Gasteiger charge is 2.38. The van der Waals surface area contributed by atoms with Crippen LogP contribution in [0.5, 0.6) is 0 Å². The van der Waals surface area contributed by atoms with Crippen molar-refractivity contribution in [3.8, 4) is 0 Å². The summed E-state index contributed by atoms with van der Waals surface area (Å²) in [4.78, 5) is 96.7. The number of amides is 5. The van der Waals surface area contributed by atoms with E-state index in [-0.39, 0.29) is 106 Å². The third-order valence-corrected chi connectivity index (χ3v) is 23.3. The van der Waals surface area contributed by atoms with E-state index in [2.05, 4.69) is 110 Å². The quantitative estimate of drug-likeness (QED) is 0.0348. The number of benzene rings is 4. The molecule has 0 aliphatic carbocycles. The Bertz CT molecular complexity index is 2750. The fourth-order valence-corrected chi connectivity index (χ4v) is 8.72. The number of anilines is 2. The molecule has 4 aromatic carbocycles. The number of carbonyl (C=O) groups excluding carboxylic acids is 7. The molecule has 6 N–H and O–H groups in total. The average Bonchev–Trinajstić information content (AvgIpc) is 3.66. The number of carboxylic acids is 1. The summed E-state index contributed by atoms with van der Waals surface area (Å²) in [6.45, 7) is 26.9. The molecule has 0 saturated carbocycles. The molecule has 0 bridgehead atoms. The molecule has 0 aromatic heterocycles. The lowest BCUT2D eigenvalue weighted by atomic mass is 10.1. The summed E-state index contributed by atoms with van der Waals surface area (Å²) in [7, 11) is -0.250. The smallest absolute Gasteiger partial charge is 0.407 e. The summed E-state index contributed by atoms with van der Waals surface area (Å²) < 4.78 is 22.6. The summed E-state index contributed by atoms with van der Waals surface area (Å²) in [5.41, 5.74) is 13.2. The molecule has 21 heteroatoms. The Hall–Kier alpha value is -7.05. The number of ketones is 2. The van der Waals surface area contributed by atoms with E-state index in [1.54, 1.807) is 23.9 Å². The normalized spacial score (nSPS) is 11.2. The van der Waals surface area contributed by atoms with Crippen LogP contribution in [0, 0.1) is 0 Å². The van der Waals surface area contributed by atoms with Crippen LogP contribution in [-0.4, -0.2) is 109 Å². The SMILES string of the molecule is C.CCc1cc(CO[Si](C)(C)C(C)(C)C)cc(N(C)C(=O)CCC(=O)CNC(=O)CNC(=O)OCc2ccccc2)c1.CCc1cc(CO[Si](C)(C)C(C)(C)C)cc(N(C)C(=O)CN)c1.O=C(O)CCC(=O)CNC(=O)OCc1ccccc1. The van der Waals surface area contributed by atoms with Crippen LogP contribution >= 0.6 is 0 Å². The molecule has 5 amide bonds. The second-order valence-corrected chi connectivity index (χ2v) is 32.6. The van der Waals surface area contributed by atoms with Gasteiger partial charge in [0.25, 0.3) is 0 Å². The number of hydrogen-bond acceptors (Lipinski definition) is 13. The summed E-state index contributed by atoms with van der Waals surface area (Å²) in [5, 5.41) is 15.7. The van der Waals surface area contributed by atoms with Crippen molar-refractivity contribution in [2.24, 2.45) is 5.73 Å². The van der Waals surface area contributed by atoms with Crippen molar-refractivity contribution in [3.05, 3.63) is 130 Å². The number of aryl methyl sites for hydroxylation is 2. The molecule has 4 aromatic rings. The number of likely N-dealkylation sites (N-methyl/N-ethyl adjacent to an activating group) is 1. The maximum atomic E-state index is 12.9. The molecule has 0 heterocycles. The van der Waals surface area contributed by atoms with E-state index in [1.807, 2.05) is 84.9 Å². The van der Waals surface area contributed by atoms with Crippen molar-refractivity contribution in [2.45, 2.75) is 164 Å². The number of aliphatic carboxylic acids is 1. The first-order valence-corrected chi connectivity index (χ1v) is 33.8. The molecule has 84 heavy (non-hydrogen) atoms. The molecule has 0 atom stereocenters. The van der Waals surface area contributed by atoms with Crippen LogP contribution in [0.1, 0.15) is 122 Å². The number of alkyl carbamates (subject to hydrolysis) is 2. The third-order valence-electron chi connectivity index (χ3n) is 14.4. The van der Waals surface area contributed by atoms with Crippen LogP contribution in [0.25, 0.3) is 0 Å². The monoisotopic (exact) mass is 1200 g/mol. The van der Waals surface area contributed by atoms with Crippen molar-refractivity contribution in [3.63, 3.8) is 0 Å². The zero-order valence-corrected chi connectivity index (χ0v) is 53.5. The number of nitrogens with zero attached hydrogens (tertiary/aromatic N) is 2. The number of rotatable bonds is 27. The third kappa shape index (κ3) is 28.5. The molecule has 0 spiro atoms. The fraction of sp³-hybridized carbons (Fsp3) is 0.492. The van der Waals surface area contributed by atoms with E-state index >= 15 is 0 Å². The van der Waals surface area contributed by atoms with Gasteiger partial charge in [-0.15, -0.1) is 0 Å². The number of hydrogen-bond donors (Lipinski definition) is 5. The first kappa shape index (κ1) is 75.0. The van der Waals surface area contributed by atoms with E-state index in [0.29, 0.717) is 13.2 Å². The summed E-state index contributed by atoms with van der Waals surface area (Å²) >= 11 is 0. The highest BCUT2D eigenvalue weighted by Crippen LogP contribution is 2.38. The van der Waals surface area contributed by atoms with E-state index in [0.717, 1.165) is 52.0 Å². The van der Waals surface area contributed by atoms with E-state index in [1.165, 1.54) is 5.56 Å². The molecule has 464 valence electrons. The molecule has 0 unspecified atom stereocenters. The number of Topliss-reactive ketones (excluding diaryl/α,β-unsaturated/α-hetero) is 2. The minimum Gasteiger partial charge on any atom is -0.481 e. The second kappa shape index (κ2) is 36.6. The highest BCUT2D eigenvalue weighted by atomic mass is 28.4. The minimum absolute atomic E-state index is 0. The Balaban J connectivity index is 0.000000691. The lowest BCUT2D eigenvalue weighted by Gasteiger charge is -2.36. The van der Waals surface area contributed by atoms with Crippen LogP contribution in [-0.2, 0) is 86.4 Å². The van der Waals surface area contributed by atoms with Crippen LogP contribution in [0.3, 0.4) is 0 Å². The molecule has 4 rings (SSSR count). The maximum absolute atomic E-state index is 12.9. The van der Waals surface area contributed by atoms with Gasteiger partial charge in [-0.1, -0.05) is 136 Å². The fourth-order valence-electron chi connectivity index (χ4n) is 6.80. The number of nitrogens with two attached hydrogens (primary N) is 1. The first-order chi connectivity index (χ1) is 38.8. The van der Waals surface area contributed by atoms with Crippen LogP contribution in [0.2, 0.25) is 36.3 Å². The maximum Gasteiger partial charge on any atom is 0.407 e. The number of ether oxygens (including phenoxy) is 2. The standard InChI is InChI=1S/C31H45N3O6Si.C18H32N2O2Si.C13H15NO5.CH4/c1-8-23-16-25(22-40-41(6,7)31(2,3)4)18-26(17-23)34(5)29(37)15-14-27(35)19-32-28(36)20-33-30(38)39-21-24-12-10-9-11-13-24;1-8-14-9-15(13-22-23(6,7)18(2,3)4)11-16(10-14)20(5)17(21)12-19;15-11(6-7-12(16)17)8-14-13(18)19-9-10-4-2-1-3-5-10;/h9-13,16-18H,8,14-15,19-22H2,1-7H3,(H,32,36)(H,33,38);9-11H,8,12-13,19H2,1-7H3;1-5H,6-9H2,(H,14,18)(H,16,17);1H4. The van der Waals surface area contributed by atoms with Gasteiger partial charge in [-0.05, 0) is 107 Å². The Morgan fingerprint density at radius 3 is 1.25 bits per heavy atom. The summed E-state index contributed by atoms with van der Waals surface area (Å²) in [6.07, 6.45) is -0.0229. The van der Waals surface area contributed by atoms with Gasteiger partial charge in [-0.3, -0.25) is 28.8 Å². The number of carboxylic acid groups (broad SMARTS) is 1. The van der Waals surface area contributed by atoms with Crippen molar-refractivity contribution in [1.29, 1.82) is 0 Å². The molecular formula is C63H96N6O13Si2. The van der Waals surface area contributed by atoms with Crippen LogP contribution in [0.4, 0.5) is 21.0 Å². The van der Waals surface area contributed by atoms with Crippen molar-refractivity contribution >= 4 is 75.5 Å². The Morgan fingerprint density at radius 1 is 0.500 bits per heavy atom. The molecule has 0 radical (unpaired) electrons. The summed E-state index contributed by atoms with van der Waals surface area (Å²) in [6, 6.07) is 30.6. The Labute approximate surface area is 501 Å². The van der Waals surface area contributed by atoms with E-state index in [4.69, 9.17) is 29.2 Å². The van der Waals surface area contributed by atoms with Gasteiger partial charge >= 0.3 is 18.2 Å². The van der Waals surface area contributed by atoms with Crippen molar-refractivity contribution in [1.82, 2.24) is 16.0 Å². The van der Waals surface area contributed by atoms with E-state index < -0.39 is 40.7 Å². The predicted molar refractivity (Wildman–Crippen MR) is 337 cm³/mol. The van der Waals surface area contributed by atoms with Gasteiger partial charge in [-0.2, -0.15) is 0 Å². The second-order valence-electron chi connectivity index (χ2n) is 23.0. The lowest BCUT2D eigenvalue weighted by molar-refractivity contribution is -0.138. The van der Waals surface area contributed by atoms with Crippen molar-refractivity contribution in [2.75, 3.05) is 50.1 Å². The Kier molecular flexibility index (Phi) is 32.7.